The van der Waals surface area contributed by atoms with Gasteiger partial charge in [0.15, 0.2) is 0 Å². The third-order valence-electron chi connectivity index (χ3n) is 7.29. The van der Waals surface area contributed by atoms with Crippen molar-refractivity contribution in [3.63, 3.8) is 0 Å². The first kappa shape index (κ1) is 29.3. The van der Waals surface area contributed by atoms with Gasteiger partial charge in [-0.1, -0.05) is 37.3 Å². The maximum Gasteiger partial charge on any atom is 0.341 e. The van der Waals surface area contributed by atoms with E-state index in [4.69, 9.17) is 4.74 Å². The van der Waals surface area contributed by atoms with E-state index in [1.54, 1.807) is 55.5 Å². The number of methoxy groups -OCH3 is 1. The number of aromatic carboxylic acids is 1. The van der Waals surface area contributed by atoms with Crippen LogP contribution in [0.1, 0.15) is 61.8 Å². The largest absolute Gasteiger partial charge is 0.478 e. The second kappa shape index (κ2) is 12.4. The summed E-state index contributed by atoms with van der Waals surface area (Å²) >= 11 is 2.77. The normalized spacial score (nSPS) is 15.0. The van der Waals surface area contributed by atoms with Gasteiger partial charge in [0.1, 0.15) is 5.00 Å². The molecule has 8 nitrogen and oxygen atoms in total. The highest BCUT2D eigenvalue weighted by Gasteiger charge is 2.29. The van der Waals surface area contributed by atoms with Gasteiger partial charge >= 0.3 is 11.9 Å². The summed E-state index contributed by atoms with van der Waals surface area (Å²) in [5.74, 6) is -1.71. The number of ether oxygens (including phenoxy) is 1. The number of esters is 1. The first-order valence-electron chi connectivity index (χ1n) is 13.5. The van der Waals surface area contributed by atoms with Crippen molar-refractivity contribution in [1.82, 2.24) is 0 Å². The van der Waals surface area contributed by atoms with E-state index >= 15 is 0 Å². The van der Waals surface area contributed by atoms with Gasteiger partial charge in [-0.2, -0.15) is 0 Å². The fourth-order valence-electron chi connectivity index (χ4n) is 5.18. The Morgan fingerprint density at radius 2 is 1.74 bits per heavy atom. The van der Waals surface area contributed by atoms with Crippen LogP contribution in [0.2, 0.25) is 0 Å². The Balaban J connectivity index is 1.31. The second-order valence-electron chi connectivity index (χ2n) is 10.3. The molecule has 2 atom stereocenters. The predicted octanol–water partition coefficient (Wildman–Crippen LogP) is 6.88. The van der Waals surface area contributed by atoms with Crippen molar-refractivity contribution in [2.24, 2.45) is 5.92 Å². The summed E-state index contributed by atoms with van der Waals surface area (Å²) in [6.07, 6.45) is 2.65. The minimum Gasteiger partial charge on any atom is -0.478 e. The van der Waals surface area contributed by atoms with Gasteiger partial charge in [0.05, 0.1) is 23.5 Å². The van der Waals surface area contributed by atoms with Crippen molar-refractivity contribution in [2.45, 2.75) is 43.3 Å². The Bertz CT molecular complexity index is 1710. The monoisotopic (exact) mass is 602 g/mol. The lowest BCUT2D eigenvalue weighted by Crippen LogP contribution is -2.23. The van der Waals surface area contributed by atoms with Crippen molar-refractivity contribution < 1.29 is 29.0 Å². The molecule has 1 heterocycles. The number of carbonyl (C=O) groups excluding carboxylic acids is 3. The maximum absolute atomic E-state index is 13.3. The topological polar surface area (TPSA) is 122 Å². The van der Waals surface area contributed by atoms with Gasteiger partial charge in [-0.25, -0.2) is 9.59 Å². The molecule has 1 aliphatic rings. The Hall–Kier alpha value is -4.15. The zero-order chi connectivity index (χ0) is 30.0. The molecule has 2 amide bonds. The first-order valence-corrected chi connectivity index (χ1v) is 15.2. The zero-order valence-corrected chi connectivity index (χ0v) is 25.0. The van der Waals surface area contributed by atoms with Crippen LogP contribution in [0.4, 0.5) is 10.7 Å². The predicted molar refractivity (Wildman–Crippen MR) is 166 cm³/mol. The van der Waals surface area contributed by atoms with Gasteiger partial charge in [0, 0.05) is 26.4 Å². The number of benzene rings is 3. The lowest BCUT2D eigenvalue weighted by molar-refractivity contribution is -0.115. The molecule has 1 aliphatic carbocycles. The molecule has 0 spiro atoms. The minimum atomic E-state index is -1.11. The van der Waals surface area contributed by atoms with E-state index in [0.29, 0.717) is 32.9 Å². The van der Waals surface area contributed by atoms with Crippen molar-refractivity contribution in [3.05, 3.63) is 87.8 Å². The molecular formula is C32H30N2O6S2. The van der Waals surface area contributed by atoms with Crippen LogP contribution in [-0.4, -0.2) is 41.2 Å². The third kappa shape index (κ3) is 6.05. The molecule has 0 bridgehead atoms. The number of amides is 2. The molecule has 3 N–H and O–H groups in total. The zero-order valence-electron chi connectivity index (χ0n) is 23.4. The van der Waals surface area contributed by atoms with Crippen molar-refractivity contribution >= 4 is 68.3 Å². The molecule has 0 radical (unpaired) electrons. The summed E-state index contributed by atoms with van der Waals surface area (Å²) < 4.78 is 5.03. The fraction of sp³-hybridized carbons (Fsp3) is 0.250. The van der Waals surface area contributed by atoms with Crippen LogP contribution in [0.5, 0.6) is 0 Å². The Labute approximate surface area is 251 Å². The van der Waals surface area contributed by atoms with Gasteiger partial charge in [0.25, 0.3) is 5.91 Å². The first-order chi connectivity index (χ1) is 20.2. The van der Waals surface area contributed by atoms with Crippen LogP contribution in [0, 0.1) is 5.92 Å². The Morgan fingerprint density at radius 1 is 1.02 bits per heavy atom. The highest BCUT2D eigenvalue weighted by molar-refractivity contribution is 8.00. The number of carboxylic acid groups (broad SMARTS) is 1. The molecule has 0 saturated carbocycles. The molecule has 3 aromatic carbocycles. The molecule has 0 fully saturated rings. The van der Waals surface area contributed by atoms with E-state index in [1.807, 2.05) is 6.07 Å². The van der Waals surface area contributed by atoms with E-state index < -0.39 is 23.1 Å². The standard InChI is InChI=1S/C32H30N2O6S2/c1-17-13-14-22-25(15-17)42-30(27(22)32(39)40-3)34-28(35)18(2)41-21-10-6-9-20(16-21)33-29(36)23-11-4-7-19-8-5-12-24(26(19)23)31(37)38/h4-12,16-18H,13-15H2,1-3H3,(H,33,36)(H,34,35)(H,37,38). The molecule has 0 saturated heterocycles. The van der Waals surface area contributed by atoms with Gasteiger partial charge in [-0.15, -0.1) is 23.1 Å². The quantitative estimate of drug-likeness (QED) is 0.148. The highest BCUT2D eigenvalue weighted by Crippen LogP contribution is 2.40. The van der Waals surface area contributed by atoms with E-state index in [0.717, 1.165) is 34.6 Å². The number of nitrogens with one attached hydrogen (secondary N) is 2. The number of hydrogen-bond acceptors (Lipinski definition) is 7. The molecule has 42 heavy (non-hydrogen) atoms. The Kier molecular flexibility index (Phi) is 8.65. The average Bonchev–Trinajstić information content (AvgIpc) is 3.32. The highest BCUT2D eigenvalue weighted by atomic mass is 32.2. The summed E-state index contributed by atoms with van der Waals surface area (Å²) in [4.78, 5) is 52.8. The smallest absolute Gasteiger partial charge is 0.341 e. The molecule has 4 aromatic rings. The summed E-state index contributed by atoms with van der Waals surface area (Å²) in [6.45, 7) is 3.96. The average molecular weight is 603 g/mol. The Morgan fingerprint density at radius 3 is 2.45 bits per heavy atom. The molecular weight excluding hydrogens is 572 g/mol. The third-order valence-corrected chi connectivity index (χ3v) is 9.56. The van der Waals surface area contributed by atoms with Gasteiger partial charge in [-0.05, 0) is 73.4 Å². The number of carboxylic acids is 1. The fourth-order valence-corrected chi connectivity index (χ4v) is 7.51. The molecule has 2 unspecified atom stereocenters. The van der Waals surface area contributed by atoms with E-state index in [-0.39, 0.29) is 17.0 Å². The molecule has 10 heteroatoms. The lowest BCUT2D eigenvalue weighted by Gasteiger charge is -2.18. The van der Waals surface area contributed by atoms with Crippen LogP contribution in [-0.2, 0) is 22.4 Å². The van der Waals surface area contributed by atoms with Crippen LogP contribution >= 0.6 is 23.1 Å². The number of anilines is 2. The number of carbonyl (C=O) groups is 4. The van der Waals surface area contributed by atoms with Crippen LogP contribution in [0.3, 0.4) is 0 Å². The van der Waals surface area contributed by atoms with Crippen LogP contribution in [0.25, 0.3) is 10.8 Å². The SMILES string of the molecule is COC(=O)c1c(NC(=O)C(C)Sc2cccc(NC(=O)c3cccc4cccc(C(=O)O)c34)c2)sc2c1CCC(C)C2. The van der Waals surface area contributed by atoms with Crippen LogP contribution in [0.15, 0.2) is 65.6 Å². The van der Waals surface area contributed by atoms with Crippen LogP contribution < -0.4 is 10.6 Å². The van der Waals surface area contributed by atoms with Crippen molar-refractivity contribution in [2.75, 3.05) is 17.7 Å². The second-order valence-corrected chi connectivity index (χ2v) is 12.8. The van der Waals surface area contributed by atoms with Gasteiger partial charge < -0.3 is 20.5 Å². The maximum atomic E-state index is 13.3. The summed E-state index contributed by atoms with van der Waals surface area (Å²) in [6, 6.07) is 17.1. The van der Waals surface area contributed by atoms with E-state index in [2.05, 4.69) is 17.6 Å². The van der Waals surface area contributed by atoms with Crippen molar-refractivity contribution in [1.29, 1.82) is 0 Å². The van der Waals surface area contributed by atoms with Gasteiger partial charge in [-0.3, -0.25) is 9.59 Å². The number of thioether (sulfide) groups is 1. The molecule has 216 valence electrons. The van der Waals surface area contributed by atoms with E-state index in [1.165, 1.54) is 36.3 Å². The lowest BCUT2D eigenvalue weighted by atomic mass is 9.88. The minimum absolute atomic E-state index is 0.0545. The summed E-state index contributed by atoms with van der Waals surface area (Å²) in [5.41, 5.74) is 2.25. The number of thiophene rings is 1. The number of fused-ring (bicyclic) bond motifs is 2. The van der Waals surface area contributed by atoms with Crippen molar-refractivity contribution in [3.8, 4) is 0 Å². The summed E-state index contributed by atoms with van der Waals surface area (Å²) in [5, 5.41) is 16.5. The van der Waals surface area contributed by atoms with Gasteiger partial charge in [0.2, 0.25) is 5.91 Å². The molecule has 0 aliphatic heterocycles. The van der Waals surface area contributed by atoms with E-state index in [9.17, 15) is 24.3 Å². The summed E-state index contributed by atoms with van der Waals surface area (Å²) in [7, 11) is 1.35. The molecule has 1 aromatic heterocycles. The number of hydrogen-bond donors (Lipinski definition) is 3. The number of rotatable bonds is 8. The molecule has 5 rings (SSSR count).